The van der Waals surface area contributed by atoms with Crippen LogP contribution in [0.15, 0.2) is 12.2 Å². The molecule has 1 atom stereocenters. The number of hydrogen-bond acceptors (Lipinski definition) is 4. The van der Waals surface area contributed by atoms with Gasteiger partial charge in [0.05, 0.1) is 0 Å². The number of hydrogen-bond donors (Lipinski definition) is 0. The van der Waals surface area contributed by atoms with Gasteiger partial charge in [0.15, 0.2) is 0 Å². The molecule has 0 aliphatic carbocycles. The van der Waals surface area contributed by atoms with Gasteiger partial charge in [-0.2, -0.15) is 0 Å². The van der Waals surface area contributed by atoms with Crippen molar-refractivity contribution >= 4 is 5.97 Å². The molecule has 7 nitrogen and oxygen atoms in total. The molecule has 0 rings (SSSR count). The second kappa shape index (κ2) is 13.9. The molecule has 0 amide bonds. The molecule has 0 aromatic rings. The van der Waals surface area contributed by atoms with E-state index >= 15 is 0 Å². The summed E-state index contributed by atoms with van der Waals surface area (Å²) in [5.74, 6) is -0.317. The molecular formula is C29H64IN3O4+2. The van der Waals surface area contributed by atoms with Crippen molar-refractivity contribution in [2.75, 3.05) is 78.9 Å². The van der Waals surface area contributed by atoms with E-state index in [-0.39, 0.29) is 15.3 Å². The Morgan fingerprint density at radius 1 is 0.892 bits per heavy atom. The standard InChI is InChI=1S/C29H64IN3O4/c1-17-28(18-2,36-31(10,11)12)30(8,9)26(7)24-33(15,16)37-29(19-3,20-4)32(13,14)22-21-23-35-27(34)25(5)6/h26H,5,17-24H2,1-4,6-16H3/q+2/t26-/m0/s1. The van der Waals surface area contributed by atoms with Crippen molar-refractivity contribution in [3.63, 3.8) is 0 Å². The first kappa shape index (κ1) is 36.7. The molecule has 8 heteroatoms. The third kappa shape index (κ3) is 9.71. The molecule has 0 saturated carbocycles. The molecule has 0 aromatic carbocycles. The van der Waals surface area contributed by atoms with Gasteiger partial charge in [0, 0.05) is 0 Å². The molecule has 37 heavy (non-hydrogen) atoms. The van der Waals surface area contributed by atoms with Crippen molar-refractivity contribution in [1.82, 2.24) is 0 Å². The predicted octanol–water partition coefficient (Wildman–Crippen LogP) is 2.06. The van der Waals surface area contributed by atoms with E-state index in [2.05, 4.69) is 100 Å². The molecular weight excluding hydrogens is 581 g/mol. The number of rotatable bonds is 18. The molecule has 224 valence electrons. The van der Waals surface area contributed by atoms with E-state index in [4.69, 9.17) is 14.4 Å². The number of halogens is 1. The molecule has 0 spiro atoms. The summed E-state index contributed by atoms with van der Waals surface area (Å²) in [4.78, 5) is 30.8. The van der Waals surface area contributed by atoms with E-state index in [1.807, 2.05) is 0 Å². The van der Waals surface area contributed by atoms with Gasteiger partial charge in [0.25, 0.3) is 0 Å². The predicted molar refractivity (Wildman–Crippen MR) is 152 cm³/mol. The Morgan fingerprint density at radius 2 is 1.38 bits per heavy atom. The number of nitrogens with zero attached hydrogens (tertiary/aromatic N) is 3. The third-order valence-corrected chi connectivity index (χ3v) is 20.6. The number of hydroxylamine groups is 6. The van der Waals surface area contributed by atoms with Crippen LogP contribution in [0.2, 0.25) is 0 Å². The summed E-state index contributed by atoms with van der Waals surface area (Å²) in [6.07, 6.45) is 4.66. The molecule has 0 aliphatic rings. The average Bonchev–Trinajstić information content (AvgIpc) is 2.77. The fourth-order valence-electron chi connectivity index (χ4n) is 5.56. The SMILES string of the molecule is C=C(C)C(=O)OCCC[N+](C)(C)C(CC)(CC)O[N+](C)(C)C[C@H](C)[I-](C)(C)C(CC)(CC)O[N+](C)(C)C. The van der Waals surface area contributed by atoms with Gasteiger partial charge in [-0.05, 0) is 6.92 Å². The van der Waals surface area contributed by atoms with Crippen LogP contribution < -0.4 is 18.4 Å². The molecule has 0 bridgehead atoms. The van der Waals surface area contributed by atoms with Crippen molar-refractivity contribution < 1.29 is 51.4 Å². The Kier molecular flexibility index (Phi) is 13.8. The van der Waals surface area contributed by atoms with Crippen LogP contribution in [0.25, 0.3) is 0 Å². The first-order valence-corrected chi connectivity index (χ1v) is 20.6. The normalized spacial score (nSPS) is 15.4. The van der Waals surface area contributed by atoms with Crippen molar-refractivity contribution in [2.45, 2.75) is 86.9 Å². The molecule has 0 radical (unpaired) electrons. The van der Waals surface area contributed by atoms with Crippen molar-refractivity contribution in [3.05, 3.63) is 12.2 Å². The van der Waals surface area contributed by atoms with Gasteiger partial charge in [-0.25, -0.2) is 0 Å². The fraction of sp³-hybridized carbons (Fsp3) is 0.897. The van der Waals surface area contributed by atoms with Crippen LogP contribution in [0.5, 0.6) is 0 Å². The maximum absolute atomic E-state index is 11.8. The third-order valence-electron chi connectivity index (χ3n) is 8.07. The number of ether oxygens (including phenoxy) is 1. The van der Waals surface area contributed by atoms with Crippen LogP contribution >= 0.6 is 0 Å². The topological polar surface area (TPSA) is 44.8 Å². The number of quaternary nitrogens is 3. The summed E-state index contributed by atoms with van der Waals surface area (Å²) in [6, 6.07) is 0. The minimum atomic E-state index is -2.43. The van der Waals surface area contributed by atoms with E-state index in [1.165, 1.54) is 0 Å². The van der Waals surface area contributed by atoms with Gasteiger partial charge >= 0.3 is 222 Å². The number of esters is 1. The molecule has 0 saturated heterocycles. The van der Waals surface area contributed by atoms with Crippen molar-refractivity contribution in [3.8, 4) is 0 Å². The number of carbonyl (C=O) groups excluding carboxylic acids is 1. The van der Waals surface area contributed by atoms with E-state index < -0.39 is 18.4 Å². The maximum atomic E-state index is 11.8. The van der Waals surface area contributed by atoms with Crippen molar-refractivity contribution in [1.29, 1.82) is 0 Å². The van der Waals surface area contributed by atoms with E-state index in [1.54, 1.807) is 6.92 Å². The minimum absolute atomic E-state index is 0.0622. The van der Waals surface area contributed by atoms with Crippen LogP contribution in [0.1, 0.15) is 73.6 Å². The Bertz CT molecular complexity index is 736. The molecule has 0 N–H and O–H groups in total. The van der Waals surface area contributed by atoms with E-state index in [0.29, 0.717) is 29.9 Å². The van der Waals surface area contributed by atoms with Gasteiger partial charge in [-0.15, -0.1) is 0 Å². The molecule has 0 aromatic heterocycles. The second-order valence-corrected chi connectivity index (χ2v) is 24.4. The molecule has 0 aliphatic heterocycles. The zero-order valence-electron chi connectivity index (χ0n) is 27.3. The Labute approximate surface area is 234 Å². The zero-order chi connectivity index (χ0) is 29.5. The van der Waals surface area contributed by atoms with Crippen LogP contribution in [0.3, 0.4) is 0 Å². The Balaban J connectivity index is 5.79. The van der Waals surface area contributed by atoms with Gasteiger partial charge in [0.2, 0.25) is 0 Å². The van der Waals surface area contributed by atoms with Gasteiger partial charge in [0.1, 0.15) is 0 Å². The first-order chi connectivity index (χ1) is 16.6. The van der Waals surface area contributed by atoms with Crippen molar-refractivity contribution in [2.24, 2.45) is 0 Å². The van der Waals surface area contributed by atoms with Crippen LogP contribution in [-0.2, 0) is 19.2 Å². The summed E-state index contributed by atoms with van der Waals surface area (Å²) >= 11 is -2.43. The van der Waals surface area contributed by atoms with E-state index in [0.717, 1.165) is 45.2 Å². The Hall–Kier alpha value is -0.260. The fourth-order valence-corrected chi connectivity index (χ4v) is 14.5. The number of alkyl halides is 4. The summed E-state index contributed by atoms with van der Waals surface area (Å²) < 4.78 is 7.57. The van der Waals surface area contributed by atoms with Gasteiger partial charge in [-0.1, -0.05) is 6.58 Å². The average molecular weight is 646 g/mol. The quantitative estimate of drug-likeness (QED) is 0.0335. The zero-order valence-corrected chi connectivity index (χ0v) is 29.5. The van der Waals surface area contributed by atoms with Gasteiger partial charge in [-0.3, -0.25) is 0 Å². The summed E-state index contributed by atoms with van der Waals surface area (Å²) in [5, 5.41) is 0. The van der Waals surface area contributed by atoms with Crippen LogP contribution in [-0.4, -0.2) is 112 Å². The summed E-state index contributed by atoms with van der Waals surface area (Å²) in [6.45, 7) is 19.0. The van der Waals surface area contributed by atoms with Gasteiger partial charge < -0.3 is 0 Å². The summed E-state index contributed by atoms with van der Waals surface area (Å²) in [5.41, 5.74) is 0.0970. The first-order valence-electron chi connectivity index (χ1n) is 14.0. The molecule has 0 unspecified atom stereocenters. The molecule has 0 heterocycles. The Morgan fingerprint density at radius 3 is 1.76 bits per heavy atom. The van der Waals surface area contributed by atoms with E-state index in [9.17, 15) is 4.79 Å². The van der Waals surface area contributed by atoms with Crippen LogP contribution in [0, 0.1) is 0 Å². The molecule has 0 fully saturated rings. The number of carbonyl (C=O) groups is 1. The summed E-state index contributed by atoms with van der Waals surface area (Å²) in [7, 11) is 15.3. The second-order valence-electron chi connectivity index (χ2n) is 12.8. The monoisotopic (exact) mass is 645 g/mol. The van der Waals surface area contributed by atoms with Crippen LogP contribution in [0.4, 0.5) is 0 Å².